The average Bonchev–Trinajstić information content (AvgIpc) is 2.71. The second-order valence-electron chi connectivity index (χ2n) is 3.96. The van der Waals surface area contributed by atoms with E-state index >= 15 is 0 Å². The van der Waals surface area contributed by atoms with E-state index in [1.165, 1.54) is 12.3 Å². The molecule has 0 aliphatic carbocycles. The number of hydrogen-bond acceptors (Lipinski definition) is 6. The summed E-state index contributed by atoms with van der Waals surface area (Å²) in [7, 11) is 1.79. The highest BCUT2D eigenvalue weighted by molar-refractivity contribution is 9.10. The minimum Gasteiger partial charge on any atom is -0.598 e. The lowest BCUT2D eigenvalue weighted by atomic mass is 10.4. The number of anilines is 1. The summed E-state index contributed by atoms with van der Waals surface area (Å²) in [6.07, 6.45) is 2.98. The van der Waals surface area contributed by atoms with E-state index in [4.69, 9.17) is 8.83 Å². The zero-order chi connectivity index (χ0) is 14.0. The van der Waals surface area contributed by atoms with Crippen molar-refractivity contribution in [3.63, 3.8) is 0 Å². The van der Waals surface area contributed by atoms with Crippen LogP contribution in [0, 0.1) is 0 Å². The molecule has 0 fully saturated rings. The highest BCUT2D eigenvalue weighted by Crippen LogP contribution is 2.26. The maximum atomic E-state index is 11.8. The minimum atomic E-state index is -1.05. The zero-order valence-corrected chi connectivity index (χ0v) is 12.8. The fourth-order valence-corrected chi connectivity index (χ4v) is 2.29. The number of halogens is 1. The van der Waals surface area contributed by atoms with Gasteiger partial charge >= 0.3 is 0 Å². The van der Waals surface area contributed by atoms with Crippen LogP contribution in [-0.4, -0.2) is 30.9 Å². The molecule has 0 spiro atoms. The molecule has 8 heteroatoms. The van der Waals surface area contributed by atoms with Gasteiger partial charge in [-0.15, -0.1) is 4.72 Å². The lowest BCUT2D eigenvalue weighted by molar-refractivity contribution is 0.563. The molecule has 1 atom stereocenters. The van der Waals surface area contributed by atoms with Gasteiger partial charge in [0.2, 0.25) is 11.0 Å². The molecule has 0 bridgehead atoms. The van der Waals surface area contributed by atoms with Crippen LogP contribution in [0.15, 0.2) is 30.4 Å². The molecule has 0 saturated carbocycles. The van der Waals surface area contributed by atoms with E-state index in [1.54, 1.807) is 18.2 Å². The molecule has 0 aliphatic heterocycles. The van der Waals surface area contributed by atoms with Crippen molar-refractivity contribution in [1.29, 1.82) is 0 Å². The van der Waals surface area contributed by atoms with Crippen LogP contribution in [0.25, 0.3) is 11.2 Å². The smallest absolute Gasteiger partial charge is 0.230 e. The third-order valence-corrected chi connectivity index (χ3v) is 3.67. The van der Waals surface area contributed by atoms with Crippen LogP contribution in [0.4, 0.5) is 5.88 Å². The largest absolute Gasteiger partial charge is 0.598 e. The van der Waals surface area contributed by atoms with E-state index in [9.17, 15) is 9.35 Å². The molecule has 19 heavy (non-hydrogen) atoms. The summed E-state index contributed by atoms with van der Waals surface area (Å²) in [6.45, 7) is 1.08. The third-order valence-electron chi connectivity index (χ3n) is 2.52. The van der Waals surface area contributed by atoms with Gasteiger partial charge in [0.1, 0.15) is 12.5 Å². The van der Waals surface area contributed by atoms with Gasteiger partial charge in [-0.3, -0.25) is 4.79 Å². The number of nitrogens with one attached hydrogen (secondary N) is 1. The lowest BCUT2D eigenvalue weighted by Crippen LogP contribution is -2.32. The predicted octanol–water partition coefficient (Wildman–Crippen LogP) is 1.47. The van der Waals surface area contributed by atoms with Crippen molar-refractivity contribution >= 4 is 44.3 Å². The molecule has 2 rings (SSSR count). The molecule has 6 nitrogen and oxygen atoms in total. The highest BCUT2D eigenvalue weighted by Gasteiger charge is 2.14. The van der Waals surface area contributed by atoms with Crippen molar-refractivity contribution in [1.82, 2.24) is 4.72 Å². The number of nitrogens with zero attached hydrogens (tertiary/aromatic N) is 1. The predicted molar refractivity (Wildman–Crippen MR) is 77.8 cm³/mol. The second kappa shape index (κ2) is 6.00. The first-order valence-corrected chi connectivity index (χ1v) is 7.83. The summed E-state index contributed by atoms with van der Waals surface area (Å²) in [5.74, 6) is 0.434. The van der Waals surface area contributed by atoms with Crippen LogP contribution in [0.3, 0.4) is 0 Å². The Morgan fingerprint density at radius 1 is 1.53 bits per heavy atom. The normalized spacial score (nSPS) is 12.8. The Labute approximate surface area is 121 Å². The van der Waals surface area contributed by atoms with Gasteiger partial charge in [-0.1, -0.05) is 0 Å². The summed E-state index contributed by atoms with van der Waals surface area (Å²) in [6, 6.07) is 1.38. The van der Waals surface area contributed by atoms with E-state index in [-0.39, 0.29) is 11.0 Å². The quantitative estimate of drug-likeness (QED) is 0.824. The monoisotopic (exact) mass is 348 g/mol. The van der Waals surface area contributed by atoms with Crippen LogP contribution in [0.5, 0.6) is 0 Å². The molecule has 0 radical (unpaired) electrons. The number of furan rings is 1. The van der Waals surface area contributed by atoms with E-state index in [1.807, 2.05) is 0 Å². The summed E-state index contributed by atoms with van der Waals surface area (Å²) in [4.78, 5) is 13.6. The Morgan fingerprint density at radius 3 is 2.95 bits per heavy atom. The van der Waals surface area contributed by atoms with E-state index < -0.39 is 11.4 Å². The van der Waals surface area contributed by atoms with Gasteiger partial charge in [-0.25, -0.2) is 0 Å². The van der Waals surface area contributed by atoms with Gasteiger partial charge in [0.15, 0.2) is 11.5 Å². The van der Waals surface area contributed by atoms with Gasteiger partial charge in [-0.2, -0.15) is 0 Å². The molecule has 0 amide bonds. The molecular weight excluding hydrogens is 336 g/mol. The maximum Gasteiger partial charge on any atom is 0.230 e. The molecule has 2 aromatic rings. The summed E-state index contributed by atoms with van der Waals surface area (Å²) in [5, 5.41) is 0. The summed E-state index contributed by atoms with van der Waals surface area (Å²) in [5.41, 5.74) is 0.346. The van der Waals surface area contributed by atoms with Crippen LogP contribution >= 0.6 is 15.9 Å². The molecule has 0 aromatic carbocycles. The van der Waals surface area contributed by atoms with Gasteiger partial charge < -0.3 is 18.3 Å². The van der Waals surface area contributed by atoms with E-state index in [2.05, 4.69) is 20.7 Å². The molecule has 2 aromatic heterocycles. The molecule has 0 aliphatic rings. The maximum absolute atomic E-state index is 11.8. The van der Waals surface area contributed by atoms with E-state index in [0.29, 0.717) is 29.0 Å². The van der Waals surface area contributed by atoms with Crippen LogP contribution in [-0.2, 0) is 11.4 Å². The summed E-state index contributed by atoms with van der Waals surface area (Å²) >= 11 is 2.20. The highest BCUT2D eigenvalue weighted by atomic mass is 79.9. The fraction of sp³-hybridized carbons (Fsp3) is 0.364. The first-order chi connectivity index (χ1) is 8.99. The van der Waals surface area contributed by atoms with Gasteiger partial charge in [0.05, 0.1) is 17.1 Å². The molecule has 0 saturated heterocycles. The topological polar surface area (TPSA) is 81.7 Å². The van der Waals surface area contributed by atoms with Crippen molar-refractivity contribution in [2.75, 3.05) is 31.3 Å². The second-order valence-corrected chi connectivity index (χ2v) is 6.01. The zero-order valence-electron chi connectivity index (χ0n) is 10.4. The Kier molecular flexibility index (Phi) is 4.56. The van der Waals surface area contributed by atoms with Crippen LogP contribution < -0.4 is 15.1 Å². The van der Waals surface area contributed by atoms with Gasteiger partial charge in [0, 0.05) is 25.0 Å². The molecule has 1 N–H and O–H groups in total. The lowest BCUT2D eigenvalue weighted by Gasteiger charge is -2.17. The Hall–Kier alpha value is -0.960. The number of hydrogen-bond donors (Lipinski definition) is 1. The Bertz CT molecular complexity index is 625. The van der Waals surface area contributed by atoms with Crippen molar-refractivity contribution in [3.05, 3.63) is 27.0 Å². The molecule has 104 valence electrons. The van der Waals surface area contributed by atoms with E-state index in [0.717, 1.165) is 0 Å². The van der Waals surface area contributed by atoms with Crippen molar-refractivity contribution in [2.24, 2.45) is 0 Å². The van der Waals surface area contributed by atoms with Gasteiger partial charge in [-0.05, 0) is 15.9 Å². The first kappa shape index (κ1) is 14.4. The number of rotatable bonds is 5. The van der Waals surface area contributed by atoms with Gasteiger partial charge in [0.25, 0.3) is 0 Å². The van der Waals surface area contributed by atoms with Crippen LogP contribution in [0.2, 0.25) is 0 Å². The van der Waals surface area contributed by atoms with Crippen molar-refractivity contribution < 1.29 is 13.4 Å². The average molecular weight is 349 g/mol. The summed E-state index contributed by atoms with van der Waals surface area (Å²) < 4.78 is 25.0. The van der Waals surface area contributed by atoms with Crippen LogP contribution in [0.1, 0.15) is 0 Å². The fourth-order valence-electron chi connectivity index (χ4n) is 1.56. The molecular formula is C11H13BrN2O4S. The first-order valence-electron chi connectivity index (χ1n) is 5.48. The molecule has 1 unspecified atom stereocenters. The standard InChI is InChI=1S/C11H13BrN2O4S/c1-14(4-3-13-19(2)16)9-5-8(15)11-10(18-9)7(12)6-17-11/h5-6,13H,3-4H2,1-2H3. The SMILES string of the molecule is CN(CCN[S+](C)[O-])c1cc(=O)c2occ(Br)c2o1. The molecule has 2 heterocycles. The third kappa shape index (κ3) is 3.33. The van der Waals surface area contributed by atoms with Crippen molar-refractivity contribution in [3.8, 4) is 0 Å². The Morgan fingerprint density at radius 2 is 2.26 bits per heavy atom. The number of fused-ring (bicyclic) bond motifs is 1. The Balaban J connectivity index is 2.20. The minimum absolute atomic E-state index is 0.191. The number of likely N-dealkylation sites (N-methyl/N-ethyl adjacent to an activating group) is 1. The van der Waals surface area contributed by atoms with Crippen molar-refractivity contribution in [2.45, 2.75) is 0 Å².